The molecular formula is C12H24N2OS. The Balaban J connectivity index is 2.42. The molecule has 0 aliphatic carbocycles. The first-order valence-electron chi connectivity index (χ1n) is 6.09. The smallest absolute Gasteiger partial charge is 0.239 e. The normalized spacial score (nSPS) is 27.9. The number of nitrogens with two attached hydrogens (primary N) is 1. The summed E-state index contributed by atoms with van der Waals surface area (Å²) in [6.45, 7) is 6.25. The molecule has 4 heteroatoms. The predicted molar refractivity (Wildman–Crippen MR) is 70.5 cm³/mol. The minimum Gasteiger partial charge on any atom is -0.341 e. The highest BCUT2D eigenvalue weighted by Crippen LogP contribution is 2.22. The van der Waals surface area contributed by atoms with Gasteiger partial charge < -0.3 is 10.6 Å². The van der Waals surface area contributed by atoms with E-state index in [0.29, 0.717) is 5.92 Å². The fourth-order valence-electron chi connectivity index (χ4n) is 2.07. The van der Waals surface area contributed by atoms with E-state index in [1.54, 1.807) is 11.8 Å². The molecule has 0 radical (unpaired) electrons. The molecule has 0 saturated carbocycles. The van der Waals surface area contributed by atoms with Gasteiger partial charge in [-0.15, -0.1) is 0 Å². The van der Waals surface area contributed by atoms with Crippen LogP contribution in [0.4, 0.5) is 0 Å². The number of thioether (sulfide) groups is 1. The molecule has 1 fully saturated rings. The Kier molecular flexibility index (Phi) is 5.62. The van der Waals surface area contributed by atoms with Crippen molar-refractivity contribution >= 4 is 17.7 Å². The summed E-state index contributed by atoms with van der Waals surface area (Å²) in [6, 6.07) is -0.298. The fourth-order valence-corrected chi connectivity index (χ4v) is 2.56. The van der Waals surface area contributed by atoms with Crippen molar-refractivity contribution in [2.45, 2.75) is 32.7 Å². The van der Waals surface area contributed by atoms with Crippen molar-refractivity contribution in [3.8, 4) is 0 Å². The second-order valence-corrected chi connectivity index (χ2v) is 5.90. The van der Waals surface area contributed by atoms with Crippen LogP contribution in [0.2, 0.25) is 0 Å². The van der Waals surface area contributed by atoms with E-state index in [9.17, 15) is 4.79 Å². The van der Waals surface area contributed by atoms with Gasteiger partial charge in [-0.25, -0.2) is 0 Å². The van der Waals surface area contributed by atoms with Crippen molar-refractivity contribution in [1.82, 2.24) is 4.90 Å². The molecule has 2 N–H and O–H groups in total. The van der Waals surface area contributed by atoms with Crippen LogP contribution in [-0.4, -0.2) is 41.9 Å². The Morgan fingerprint density at radius 2 is 2.19 bits per heavy atom. The molecule has 3 unspecified atom stereocenters. The lowest BCUT2D eigenvalue weighted by Gasteiger charge is -2.36. The van der Waals surface area contributed by atoms with Crippen molar-refractivity contribution in [1.29, 1.82) is 0 Å². The number of piperidine rings is 1. The van der Waals surface area contributed by atoms with Gasteiger partial charge in [0.25, 0.3) is 0 Å². The van der Waals surface area contributed by atoms with Crippen LogP contribution in [0.25, 0.3) is 0 Å². The fraction of sp³-hybridized carbons (Fsp3) is 0.917. The molecule has 3 atom stereocenters. The number of carbonyl (C=O) groups is 1. The van der Waals surface area contributed by atoms with Crippen LogP contribution in [0.15, 0.2) is 0 Å². The Morgan fingerprint density at radius 1 is 1.50 bits per heavy atom. The standard InChI is InChI=1S/C12H24N2OS/c1-9-4-6-14(8-10(9)2)12(15)11(13)5-7-16-3/h9-11H,4-8,13H2,1-3H3. The average Bonchev–Trinajstić information content (AvgIpc) is 2.28. The molecule has 16 heavy (non-hydrogen) atoms. The van der Waals surface area contributed by atoms with Gasteiger partial charge in [0.15, 0.2) is 0 Å². The van der Waals surface area contributed by atoms with Crippen molar-refractivity contribution in [3.05, 3.63) is 0 Å². The average molecular weight is 244 g/mol. The summed E-state index contributed by atoms with van der Waals surface area (Å²) in [5.41, 5.74) is 5.91. The molecule has 1 amide bonds. The van der Waals surface area contributed by atoms with E-state index in [-0.39, 0.29) is 11.9 Å². The first-order valence-corrected chi connectivity index (χ1v) is 7.49. The lowest BCUT2D eigenvalue weighted by molar-refractivity contribution is -0.135. The lowest BCUT2D eigenvalue weighted by atomic mass is 9.88. The highest BCUT2D eigenvalue weighted by molar-refractivity contribution is 7.98. The third kappa shape index (κ3) is 3.67. The maximum absolute atomic E-state index is 12.0. The number of nitrogens with zero attached hydrogens (tertiary/aromatic N) is 1. The van der Waals surface area contributed by atoms with Gasteiger partial charge in [-0.3, -0.25) is 4.79 Å². The number of likely N-dealkylation sites (tertiary alicyclic amines) is 1. The van der Waals surface area contributed by atoms with Crippen LogP contribution < -0.4 is 5.73 Å². The van der Waals surface area contributed by atoms with Gasteiger partial charge in [0.05, 0.1) is 6.04 Å². The molecule has 0 aromatic rings. The van der Waals surface area contributed by atoms with Gasteiger partial charge >= 0.3 is 0 Å². The SMILES string of the molecule is CSCCC(N)C(=O)N1CCC(C)C(C)C1. The van der Waals surface area contributed by atoms with E-state index in [1.165, 1.54) is 0 Å². The van der Waals surface area contributed by atoms with E-state index in [4.69, 9.17) is 5.73 Å². The Labute approximate surface area is 103 Å². The zero-order chi connectivity index (χ0) is 12.1. The van der Waals surface area contributed by atoms with Gasteiger partial charge in [0.1, 0.15) is 0 Å². The molecule has 94 valence electrons. The predicted octanol–water partition coefficient (Wildman–Crippen LogP) is 1.57. The molecular weight excluding hydrogens is 220 g/mol. The number of hydrogen-bond donors (Lipinski definition) is 1. The van der Waals surface area contributed by atoms with Crippen LogP contribution in [0.1, 0.15) is 26.7 Å². The zero-order valence-electron chi connectivity index (χ0n) is 10.6. The Hall–Kier alpha value is -0.220. The van der Waals surface area contributed by atoms with E-state index >= 15 is 0 Å². The van der Waals surface area contributed by atoms with Crippen LogP contribution in [-0.2, 0) is 4.79 Å². The third-order valence-electron chi connectivity index (χ3n) is 3.60. The molecule has 0 bridgehead atoms. The number of amides is 1. The van der Waals surface area contributed by atoms with Gasteiger partial charge in [0, 0.05) is 13.1 Å². The van der Waals surface area contributed by atoms with E-state index in [2.05, 4.69) is 13.8 Å². The van der Waals surface area contributed by atoms with Gasteiger partial charge in [-0.1, -0.05) is 13.8 Å². The van der Waals surface area contributed by atoms with Gasteiger partial charge in [-0.2, -0.15) is 11.8 Å². The second kappa shape index (κ2) is 6.50. The maximum atomic E-state index is 12.0. The zero-order valence-corrected chi connectivity index (χ0v) is 11.4. The van der Waals surface area contributed by atoms with E-state index in [0.717, 1.165) is 37.6 Å². The van der Waals surface area contributed by atoms with E-state index < -0.39 is 0 Å². The summed E-state index contributed by atoms with van der Waals surface area (Å²) in [4.78, 5) is 14.0. The van der Waals surface area contributed by atoms with Crippen LogP contribution in [0.3, 0.4) is 0 Å². The monoisotopic (exact) mass is 244 g/mol. The molecule has 1 aliphatic rings. The summed E-state index contributed by atoms with van der Waals surface area (Å²) >= 11 is 1.74. The summed E-state index contributed by atoms with van der Waals surface area (Å²) in [7, 11) is 0. The van der Waals surface area contributed by atoms with Gasteiger partial charge in [-0.05, 0) is 36.7 Å². The number of rotatable bonds is 4. The molecule has 1 heterocycles. The molecule has 1 rings (SSSR count). The molecule has 0 aromatic carbocycles. The molecule has 0 spiro atoms. The minimum atomic E-state index is -0.298. The van der Waals surface area contributed by atoms with Crippen molar-refractivity contribution in [2.75, 3.05) is 25.1 Å². The Morgan fingerprint density at radius 3 is 2.75 bits per heavy atom. The maximum Gasteiger partial charge on any atom is 0.239 e. The van der Waals surface area contributed by atoms with Crippen LogP contribution in [0, 0.1) is 11.8 Å². The molecule has 1 aliphatic heterocycles. The second-order valence-electron chi connectivity index (χ2n) is 4.92. The first-order chi connectivity index (χ1) is 7.56. The van der Waals surface area contributed by atoms with Crippen LogP contribution in [0.5, 0.6) is 0 Å². The summed E-state index contributed by atoms with van der Waals surface area (Å²) in [6.07, 6.45) is 3.95. The highest BCUT2D eigenvalue weighted by Gasteiger charge is 2.28. The van der Waals surface area contributed by atoms with Crippen molar-refractivity contribution in [3.63, 3.8) is 0 Å². The van der Waals surface area contributed by atoms with E-state index in [1.807, 2.05) is 11.2 Å². The quantitative estimate of drug-likeness (QED) is 0.816. The molecule has 3 nitrogen and oxygen atoms in total. The van der Waals surface area contributed by atoms with Crippen molar-refractivity contribution in [2.24, 2.45) is 17.6 Å². The summed E-state index contributed by atoms with van der Waals surface area (Å²) in [5, 5.41) is 0. The van der Waals surface area contributed by atoms with Crippen molar-refractivity contribution < 1.29 is 4.79 Å². The third-order valence-corrected chi connectivity index (χ3v) is 4.24. The van der Waals surface area contributed by atoms with Crippen LogP contribution >= 0.6 is 11.8 Å². The topological polar surface area (TPSA) is 46.3 Å². The van der Waals surface area contributed by atoms with Gasteiger partial charge in [0.2, 0.25) is 5.91 Å². The largest absolute Gasteiger partial charge is 0.341 e. The number of hydrogen-bond acceptors (Lipinski definition) is 3. The molecule has 0 aromatic heterocycles. The highest BCUT2D eigenvalue weighted by atomic mass is 32.2. The molecule has 1 saturated heterocycles. The first kappa shape index (κ1) is 13.8. The lowest BCUT2D eigenvalue weighted by Crippen LogP contribution is -2.49. The number of carbonyl (C=O) groups excluding carboxylic acids is 1. The summed E-state index contributed by atoms with van der Waals surface area (Å²) in [5.74, 6) is 2.44. The minimum absolute atomic E-state index is 0.146. The Bertz CT molecular complexity index is 235. The summed E-state index contributed by atoms with van der Waals surface area (Å²) < 4.78 is 0.